The van der Waals surface area contributed by atoms with Gasteiger partial charge in [-0.05, 0) is 0 Å². The fourth-order valence-electron chi connectivity index (χ4n) is 2.31. The van der Waals surface area contributed by atoms with Gasteiger partial charge in [-0.2, -0.15) is 0 Å². The van der Waals surface area contributed by atoms with Crippen LogP contribution in [0, 0.1) is 6.92 Å². The zero-order valence-electron chi connectivity index (χ0n) is 13.4. The molecular formula is C21H18OSe2. The van der Waals surface area contributed by atoms with Crippen LogP contribution in [-0.2, 0) is 0 Å². The topological polar surface area (TPSA) is 17.1 Å². The summed E-state index contributed by atoms with van der Waals surface area (Å²) < 4.78 is 2.65. The molecule has 3 aromatic carbocycles. The fourth-order valence-corrected chi connectivity index (χ4v) is 8.74. The Hall–Kier alpha value is -1.63. The van der Waals surface area contributed by atoms with E-state index in [1.807, 2.05) is 43.3 Å². The number of Topliss-reactive ketones (excluding diaryl/α,β-unsaturated/α-hetero) is 1. The molecule has 1 nitrogen and oxygen atoms in total. The molecule has 0 aliphatic heterocycles. The van der Waals surface area contributed by atoms with Crippen molar-refractivity contribution >= 4 is 44.6 Å². The molecule has 0 amide bonds. The van der Waals surface area contributed by atoms with E-state index in [0.29, 0.717) is 0 Å². The molecular weight excluding hydrogens is 426 g/mol. The number of carbonyl (C=O) groups is 1. The second-order valence-electron chi connectivity index (χ2n) is 5.43. The van der Waals surface area contributed by atoms with E-state index in [0.717, 1.165) is 11.1 Å². The summed E-state index contributed by atoms with van der Waals surface area (Å²) in [6, 6.07) is 28.8. The molecule has 0 saturated carbocycles. The van der Waals surface area contributed by atoms with Crippen molar-refractivity contribution in [3.63, 3.8) is 0 Å². The molecule has 0 bridgehead atoms. The minimum atomic E-state index is 0.0802. The monoisotopic (exact) mass is 446 g/mol. The first-order chi connectivity index (χ1) is 11.7. The summed E-state index contributed by atoms with van der Waals surface area (Å²) >= 11 is 0.274. The zero-order chi connectivity index (χ0) is 16.8. The van der Waals surface area contributed by atoms with Gasteiger partial charge in [0.1, 0.15) is 0 Å². The molecule has 0 unspecified atom stereocenters. The van der Waals surface area contributed by atoms with Crippen molar-refractivity contribution < 1.29 is 4.79 Å². The number of carbonyl (C=O) groups excluding carboxylic acids is 1. The Balaban J connectivity index is 1.87. The van der Waals surface area contributed by atoms with Crippen molar-refractivity contribution in [3.8, 4) is 0 Å². The number of hydrogen-bond acceptors (Lipinski definition) is 1. The Labute approximate surface area is 155 Å². The van der Waals surface area contributed by atoms with Gasteiger partial charge in [-0.15, -0.1) is 0 Å². The normalized spacial score (nSPS) is 10.8. The number of aryl methyl sites for hydroxylation is 1. The predicted molar refractivity (Wildman–Crippen MR) is 103 cm³/mol. The van der Waals surface area contributed by atoms with Crippen LogP contribution < -0.4 is 8.92 Å². The fraction of sp³-hybridized carbons (Fsp3) is 0.0952. The molecule has 0 N–H and O–H groups in total. The first kappa shape index (κ1) is 17.2. The van der Waals surface area contributed by atoms with E-state index < -0.39 is 0 Å². The summed E-state index contributed by atoms with van der Waals surface area (Å²) in [5.74, 6) is 0.284. The third-order valence-electron chi connectivity index (χ3n) is 3.49. The van der Waals surface area contributed by atoms with Gasteiger partial charge in [0, 0.05) is 0 Å². The van der Waals surface area contributed by atoms with Crippen LogP contribution in [0.4, 0.5) is 0 Å². The summed E-state index contributed by atoms with van der Waals surface area (Å²) in [6.45, 7) is 2.04. The van der Waals surface area contributed by atoms with Gasteiger partial charge in [0.15, 0.2) is 0 Å². The zero-order valence-corrected chi connectivity index (χ0v) is 16.8. The third-order valence-corrected chi connectivity index (χ3v) is 9.67. The van der Waals surface area contributed by atoms with Gasteiger partial charge >= 0.3 is 156 Å². The van der Waals surface area contributed by atoms with E-state index in [4.69, 9.17) is 0 Å². The molecule has 0 aliphatic carbocycles. The first-order valence-electron chi connectivity index (χ1n) is 7.77. The van der Waals surface area contributed by atoms with E-state index >= 15 is 0 Å². The number of ketones is 1. The van der Waals surface area contributed by atoms with Crippen LogP contribution in [-0.4, -0.2) is 35.7 Å². The molecule has 120 valence electrons. The molecule has 0 atom stereocenters. The Bertz CT molecular complexity index is 759. The maximum atomic E-state index is 13.1. The van der Waals surface area contributed by atoms with Gasteiger partial charge in [0.2, 0.25) is 0 Å². The molecule has 3 aromatic rings. The predicted octanol–water partition coefficient (Wildman–Crippen LogP) is 2.98. The van der Waals surface area contributed by atoms with Crippen LogP contribution in [0.3, 0.4) is 0 Å². The Kier molecular flexibility index (Phi) is 6.06. The number of hydrogen-bond donors (Lipinski definition) is 0. The van der Waals surface area contributed by atoms with Gasteiger partial charge in [-0.1, -0.05) is 0 Å². The molecule has 24 heavy (non-hydrogen) atoms. The molecule has 0 aliphatic rings. The Morgan fingerprint density at radius 2 is 1.29 bits per heavy atom. The van der Waals surface area contributed by atoms with Crippen molar-refractivity contribution in [2.45, 2.75) is 10.6 Å². The SMILES string of the molecule is Cc1cccc(C(=O)C([Se]c2ccccc2)[Se]c2ccccc2)c1. The Morgan fingerprint density at radius 3 is 1.79 bits per heavy atom. The van der Waals surface area contributed by atoms with Gasteiger partial charge in [-0.25, -0.2) is 0 Å². The van der Waals surface area contributed by atoms with Crippen molar-refractivity contribution in [3.05, 3.63) is 96.1 Å². The molecule has 0 spiro atoms. The van der Waals surface area contributed by atoms with Crippen LogP contribution in [0.1, 0.15) is 15.9 Å². The minimum absolute atomic E-state index is 0.0802. The second-order valence-corrected chi connectivity index (χ2v) is 11.9. The van der Waals surface area contributed by atoms with Crippen LogP contribution in [0.5, 0.6) is 0 Å². The Morgan fingerprint density at radius 1 is 0.750 bits per heavy atom. The first-order valence-corrected chi connectivity index (χ1v) is 11.5. The summed E-state index contributed by atoms with van der Waals surface area (Å²) in [5, 5.41) is 0. The maximum absolute atomic E-state index is 13.1. The van der Waals surface area contributed by atoms with E-state index in [9.17, 15) is 4.79 Å². The van der Waals surface area contributed by atoms with Crippen LogP contribution in [0.2, 0.25) is 3.71 Å². The number of rotatable bonds is 6. The van der Waals surface area contributed by atoms with Crippen molar-refractivity contribution in [1.29, 1.82) is 0 Å². The van der Waals surface area contributed by atoms with Crippen LogP contribution in [0.15, 0.2) is 84.9 Å². The van der Waals surface area contributed by atoms with E-state index in [2.05, 4.69) is 48.5 Å². The molecule has 0 heterocycles. The van der Waals surface area contributed by atoms with E-state index in [1.54, 1.807) is 0 Å². The molecule has 3 rings (SSSR count). The van der Waals surface area contributed by atoms with Crippen LogP contribution in [0.25, 0.3) is 0 Å². The summed E-state index contributed by atoms with van der Waals surface area (Å²) in [5.41, 5.74) is 1.98. The summed E-state index contributed by atoms with van der Waals surface area (Å²) in [6.07, 6.45) is 0. The van der Waals surface area contributed by atoms with E-state index in [-0.39, 0.29) is 39.4 Å². The number of benzene rings is 3. The van der Waals surface area contributed by atoms with Gasteiger partial charge in [0.05, 0.1) is 0 Å². The van der Waals surface area contributed by atoms with Crippen molar-refractivity contribution in [1.82, 2.24) is 0 Å². The molecule has 0 saturated heterocycles. The second kappa shape index (κ2) is 8.46. The summed E-state index contributed by atoms with van der Waals surface area (Å²) in [7, 11) is 0. The molecule has 0 aromatic heterocycles. The quantitative estimate of drug-likeness (QED) is 0.422. The van der Waals surface area contributed by atoms with Crippen molar-refractivity contribution in [2.75, 3.05) is 0 Å². The van der Waals surface area contributed by atoms with Crippen LogP contribution >= 0.6 is 0 Å². The van der Waals surface area contributed by atoms with Gasteiger partial charge in [-0.3, -0.25) is 0 Å². The molecule has 0 radical (unpaired) electrons. The average Bonchev–Trinajstić information content (AvgIpc) is 2.62. The van der Waals surface area contributed by atoms with Crippen molar-refractivity contribution in [2.24, 2.45) is 0 Å². The standard InChI is InChI=1S/C21H18OSe2/c1-16-9-8-10-17(15-16)20(22)21(23-18-11-4-2-5-12-18)24-19-13-6-3-7-14-19/h2-15,21H,1H3. The van der Waals surface area contributed by atoms with Gasteiger partial charge in [0.25, 0.3) is 0 Å². The molecule has 3 heteroatoms. The third kappa shape index (κ3) is 4.69. The molecule has 0 fully saturated rings. The van der Waals surface area contributed by atoms with Gasteiger partial charge < -0.3 is 0 Å². The average molecular weight is 444 g/mol. The summed E-state index contributed by atoms with van der Waals surface area (Å²) in [4.78, 5) is 13.1. The van der Waals surface area contributed by atoms with E-state index in [1.165, 1.54) is 8.92 Å².